The fourth-order valence-corrected chi connectivity index (χ4v) is 11.9. The Morgan fingerprint density at radius 1 is 0.697 bits per heavy atom. The molecule has 1 N–H and O–H groups in total. The summed E-state index contributed by atoms with van der Waals surface area (Å²) in [7, 11) is 0. The van der Waals surface area contributed by atoms with Gasteiger partial charge < -0.3 is 5.11 Å². The van der Waals surface area contributed by atoms with E-state index in [0.717, 1.165) is 42.4 Å². The SMILES string of the molecule is CC1(C2(C)C3C4CCC5C6CC=CCC6CCC5C4CCC3(C(=O)O)C(C)(C)C2(C)C)CC1. The Hall–Kier alpha value is -0.790. The second kappa shape index (κ2) is 6.70. The molecule has 6 aliphatic rings. The van der Waals surface area contributed by atoms with Crippen molar-refractivity contribution in [3.05, 3.63) is 12.2 Å². The van der Waals surface area contributed by atoms with E-state index in [1.165, 1.54) is 51.4 Å². The molecule has 0 amide bonds. The summed E-state index contributed by atoms with van der Waals surface area (Å²) in [6.07, 6.45) is 17.7. The molecule has 0 spiro atoms. The van der Waals surface area contributed by atoms with E-state index in [9.17, 15) is 9.90 Å². The van der Waals surface area contributed by atoms with Crippen molar-refractivity contribution in [1.29, 1.82) is 0 Å². The molecule has 0 saturated heterocycles. The quantitative estimate of drug-likeness (QED) is 0.431. The average molecular weight is 453 g/mol. The summed E-state index contributed by atoms with van der Waals surface area (Å²) < 4.78 is 0. The first kappa shape index (κ1) is 22.7. The summed E-state index contributed by atoms with van der Waals surface area (Å²) in [6.45, 7) is 14.7. The number of rotatable bonds is 2. The van der Waals surface area contributed by atoms with Crippen molar-refractivity contribution in [2.75, 3.05) is 0 Å². The monoisotopic (exact) mass is 452 g/mol. The molecule has 0 bridgehead atoms. The molecule has 0 aromatic carbocycles. The van der Waals surface area contributed by atoms with Crippen LogP contribution in [0.3, 0.4) is 0 Å². The normalized spacial score (nSPS) is 52.7. The maximum atomic E-state index is 13.4. The molecular formula is C31H48O2. The van der Waals surface area contributed by atoms with Gasteiger partial charge in [-0.15, -0.1) is 0 Å². The standard InChI is InChI=1S/C31H48O2/c1-27(2)28(3,4)31(26(32)33)16-15-23-22-12-11-19-9-7-8-10-20(19)21(22)13-14-24(23)25(31)30(27,6)29(5)17-18-29/h7-8,19-25H,9-18H2,1-6H3,(H,32,33). The predicted octanol–water partition coefficient (Wildman–Crippen LogP) is 7.97. The summed E-state index contributed by atoms with van der Waals surface area (Å²) >= 11 is 0. The van der Waals surface area contributed by atoms with Crippen LogP contribution in [0, 0.1) is 68.5 Å². The number of hydrogen-bond acceptors (Lipinski definition) is 1. The Kier molecular flexibility index (Phi) is 4.60. The molecule has 9 unspecified atom stereocenters. The zero-order valence-electron chi connectivity index (χ0n) is 22.1. The van der Waals surface area contributed by atoms with Crippen LogP contribution < -0.4 is 0 Å². The van der Waals surface area contributed by atoms with Crippen LogP contribution in [0.5, 0.6) is 0 Å². The molecule has 33 heavy (non-hydrogen) atoms. The fraction of sp³-hybridized carbons (Fsp3) is 0.903. The Morgan fingerprint density at radius 3 is 1.94 bits per heavy atom. The third-order valence-electron chi connectivity index (χ3n) is 14.6. The maximum Gasteiger partial charge on any atom is 0.310 e. The minimum atomic E-state index is -0.574. The first-order valence-electron chi connectivity index (χ1n) is 14.3. The van der Waals surface area contributed by atoms with Crippen molar-refractivity contribution in [3.8, 4) is 0 Å². The summed E-state index contributed by atoms with van der Waals surface area (Å²) in [5.74, 6) is 4.81. The van der Waals surface area contributed by atoms with Gasteiger partial charge in [-0.3, -0.25) is 4.79 Å². The van der Waals surface area contributed by atoms with E-state index in [-0.39, 0.29) is 16.2 Å². The van der Waals surface area contributed by atoms with Crippen molar-refractivity contribution in [3.63, 3.8) is 0 Å². The first-order chi connectivity index (χ1) is 15.4. The lowest BCUT2D eigenvalue weighted by Gasteiger charge is -2.61. The molecule has 5 fully saturated rings. The number of carbonyl (C=O) groups is 1. The van der Waals surface area contributed by atoms with Crippen LogP contribution in [0.4, 0.5) is 0 Å². The number of aliphatic carboxylic acids is 1. The first-order valence-corrected chi connectivity index (χ1v) is 14.3. The van der Waals surface area contributed by atoms with Crippen LogP contribution in [0.2, 0.25) is 0 Å². The number of carboxylic acids is 1. The predicted molar refractivity (Wildman–Crippen MR) is 134 cm³/mol. The third-order valence-corrected chi connectivity index (χ3v) is 14.6. The van der Waals surface area contributed by atoms with Gasteiger partial charge in [-0.2, -0.15) is 0 Å². The molecule has 0 heterocycles. The highest BCUT2D eigenvalue weighted by atomic mass is 16.4. The minimum Gasteiger partial charge on any atom is -0.481 e. The van der Waals surface area contributed by atoms with Crippen molar-refractivity contribution < 1.29 is 9.90 Å². The average Bonchev–Trinajstić information content (AvgIpc) is 3.53. The molecule has 184 valence electrons. The molecule has 6 rings (SSSR count). The van der Waals surface area contributed by atoms with Gasteiger partial charge in [0, 0.05) is 0 Å². The highest BCUT2D eigenvalue weighted by Gasteiger charge is 2.82. The van der Waals surface area contributed by atoms with Gasteiger partial charge >= 0.3 is 5.97 Å². The zero-order valence-corrected chi connectivity index (χ0v) is 22.1. The highest BCUT2D eigenvalue weighted by Crippen LogP contribution is 2.85. The summed E-state index contributed by atoms with van der Waals surface area (Å²) in [6, 6.07) is 0. The lowest BCUT2D eigenvalue weighted by Crippen LogP contribution is -2.58. The number of hydrogen-bond donors (Lipinski definition) is 1. The largest absolute Gasteiger partial charge is 0.481 e. The van der Waals surface area contributed by atoms with Gasteiger partial charge in [-0.1, -0.05) is 53.7 Å². The lowest BCUT2D eigenvalue weighted by atomic mass is 9.43. The van der Waals surface area contributed by atoms with Crippen molar-refractivity contribution in [2.24, 2.45) is 68.5 Å². The molecule has 9 atom stereocenters. The molecule has 2 heteroatoms. The van der Waals surface area contributed by atoms with Crippen molar-refractivity contribution in [2.45, 2.75) is 106 Å². The fourth-order valence-electron chi connectivity index (χ4n) is 11.9. The van der Waals surface area contributed by atoms with E-state index in [4.69, 9.17) is 0 Å². The topological polar surface area (TPSA) is 37.3 Å². The minimum absolute atomic E-state index is 0.00582. The van der Waals surface area contributed by atoms with E-state index in [1.54, 1.807) is 0 Å². The van der Waals surface area contributed by atoms with Crippen LogP contribution in [-0.2, 0) is 4.79 Å². The van der Waals surface area contributed by atoms with Gasteiger partial charge in [0.25, 0.3) is 0 Å². The highest BCUT2D eigenvalue weighted by molar-refractivity contribution is 5.78. The molecule has 5 saturated carbocycles. The van der Waals surface area contributed by atoms with Crippen molar-refractivity contribution >= 4 is 5.97 Å². The van der Waals surface area contributed by atoms with Gasteiger partial charge in [0.1, 0.15) is 0 Å². The zero-order chi connectivity index (χ0) is 23.6. The maximum absolute atomic E-state index is 13.4. The van der Waals surface area contributed by atoms with E-state index < -0.39 is 11.4 Å². The third kappa shape index (κ3) is 2.41. The molecule has 0 aromatic rings. The number of carboxylic acid groups (broad SMARTS) is 1. The van der Waals surface area contributed by atoms with E-state index in [0.29, 0.717) is 17.3 Å². The molecular weight excluding hydrogens is 404 g/mol. The van der Waals surface area contributed by atoms with E-state index in [2.05, 4.69) is 53.7 Å². The van der Waals surface area contributed by atoms with Gasteiger partial charge in [0.2, 0.25) is 0 Å². The van der Waals surface area contributed by atoms with E-state index >= 15 is 0 Å². The lowest BCUT2D eigenvalue weighted by molar-refractivity contribution is -0.180. The van der Waals surface area contributed by atoms with Gasteiger partial charge in [0.05, 0.1) is 5.41 Å². The van der Waals surface area contributed by atoms with Crippen LogP contribution >= 0.6 is 0 Å². The van der Waals surface area contributed by atoms with E-state index in [1.807, 2.05) is 0 Å². The van der Waals surface area contributed by atoms with Crippen molar-refractivity contribution in [1.82, 2.24) is 0 Å². The molecule has 6 aliphatic carbocycles. The summed E-state index contributed by atoms with van der Waals surface area (Å²) in [4.78, 5) is 13.4. The Morgan fingerprint density at radius 2 is 1.27 bits per heavy atom. The van der Waals surface area contributed by atoms with Crippen LogP contribution in [-0.4, -0.2) is 11.1 Å². The van der Waals surface area contributed by atoms with Crippen LogP contribution in [0.25, 0.3) is 0 Å². The Labute approximate surface area is 202 Å². The van der Waals surface area contributed by atoms with Crippen LogP contribution in [0.15, 0.2) is 12.2 Å². The summed E-state index contributed by atoms with van der Waals surface area (Å²) in [5, 5.41) is 11.1. The van der Waals surface area contributed by atoms with Gasteiger partial charge in [-0.05, 0) is 127 Å². The molecule has 0 radical (unpaired) electrons. The number of fused-ring (bicyclic) bond motifs is 7. The second-order valence-corrected chi connectivity index (χ2v) is 15.0. The number of allylic oxidation sites excluding steroid dienone is 2. The summed E-state index contributed by atoms with van der Waals surface area (Å²) in [5.41, 5.74) is -0.380. The second-order valence-electron chi connectivity index (χ2n) is 15.0. The van der Waals surface area contributed by atoms with Crippen LogP contribution in [0.1, 0.15) is 106 Å². The van der Waals surface area contributed by atoms with Gasteiger partial charge in [-0.25, -0.2) is 0 Å². The molecule has 0 aliphatic heterocycles. The van der Waals surface area contributed by atoms with Gasteiger partial charge in [0.15, 0.2) is 0 Å². The molecule has 0 aromatic heterocycles. The Balaban J connectivity index is 1.45. The smallest absolute Gasteiger partial charge is 0.310 e. The molecule has 2 nitrogen and oxygen atoms in total. The Bertz CT molecular complexity index is 877.